The van der Waals surface area contributed by atoms with Crippen molar-refractivity contribution < 1.29 is 34.8 Å². The highest BCUT2D eigenvalue weighted by atomic mass is 16.6. The molecule has 0 aliphatic carbocycles. The molecule has 0 spiro atoms. The molecule has 0 radical (unpaired) electrons. The van der Waals surface area contributed by atoms with Crippen LogP contribution in [-0.4, -0.2) is 63.6 Å². The Labute approximate surface area is 102 Å². The largest absolute Gasteiger partial charge is 0.478 e. The van der Waals surface area contributed by atoms with Gasteiger partial charge in [0.25, 0.3) is 0 Å². The van der Waals surface area contributed by atoms with E-state index in [2.05, 4.69) is 10.6 Å². The maximum Gasteiger partial charge on any atom is 0.329 e. The van der Waals surface area contributed by atoms with Gasteiger partial charge in [0.05, 0.1) is 6.61 Å². The quantitative estimate of drug-likeness (QED) is 0.302. The molecule has 1 aliphatic rings. The van der Waals surface area contributed by atoms with Crippen molar-refractivity contribution in [2.75, 3.05) is 6.61 Å². The average molecular weight is 262 g/mol. The molecule has 1 fully saturated rings. The number of carboxylic acids is 1. The molecule has 2 amide bonds. The summed E-state index contributed by atoms with van der Waals surface area (Å²) in [4.78, 5) is 21.3. The van der Waals surface area contributed by atoms with Crippen molar-refractivity contribution in [3.63, 3.8) is 0 Å². The smallest absolute Gasteiger partial charge is 0.329 e. The Morgan fingerprint density at radius 1 is 1.28 bits per heavy atom. The fraction of sp³-hybridized carbons (Fsp3) is 0.556. The van der Waals surface area contributed by atoms with Gasteiger partial charge in [0.1, 0.15) is 18.3 Å². The van der Waals surface area contributed by atoms with E-state index < -0.39 is 43.1 Å². The number of carbonyl (C=O) groups is 2. The summed E-state index contributed by atoms with van der Waals surface area (Å²) in [6.45, 7) is -0.503. The first-order valence-corrected chi connectivity index (χ1v) is 5.04. The lowest BCUT2D eigenvalue weighted by atomic mass is 10.1. The van der Waals surface area contributed by atoms with Crippen molar-refractivity contribution >= 4 is 12.0 Å². The average Bonchev–Trinajstić information content (AvgIpc) is 2.56. The lowest BCUT2D eigenvalue weighted by Gasteiger charge is -2.15. The van der Waals surface area contributed by atoms with E-state index in [9.17, 15) is 19.8 Å². The number of urea groups is 1. The van der Waals surface area contributed by atoms with Gasteiger partial charge in [-0.1, -0.05) is 0 Å². The number of rotatable bonds is 4. The van der Waals surface area contributed by atoms with Crippen LogP contribution in [0.2, 0.25) is 0 Å². The number of aliphatic carboxylic acids is 1. The Morgan fingerprint density at radius 3 is 2.44 bits per heavy atom. The number of ether oxygens (including phenoxy) is 1. The van der Waals surface area contributed by atoms with Crippen LogP contribution in [0.3, 0.4) is 0 Å². The van der Waals surface area contributed by atoms with E-state index in [0.717, 1.165) is 6.20 Å². The Morgan fingerprint density at radius 2 is 1.94 bits per heavy atom. The van der Waals surface area contributed by atoms with Crippen LogP contribution in [0.5, 0.6) is 0 Å². The van der Waals surface area contributed by atoms with Crippen molar-refractivity contribution in [3.05, 3.63) is 12.3 Å². The second-order valence-corrected chi connectivity index (χ2v) is 3.55. The molecule has 0 bridgehead atoms. The molecule has 9 heteroatoms. The molecule has 0 aromatic heterocycles. The minimum atomic E-state index is -1.38. The maximum absolute atomic E-state index is 11.2. The third kappa shape index (κ3) is 3.67. The van der Waals surface area contributed by atoms with Crippen LogP contribution in [0.4, 0.5) is 4.79 Å². The van der Waals surface area contributed by atoms with E-state index in [1.165, 1.54) is 0 Å². The van der Waals surface area contributed by atoms with E-state index in [0.29, 0.717) is 6.08 Å². The van der Waals surface area contributed by atoms with Crippen LogP contribution in [0.25, 0.3) is 0 Å². The third-order valence-corrected chi connectivity index (χ3v) is 2.26. The zero-order valence-corrected chi connectivity index (χ0v) is 9.18. The molecule has 4 atom stereocenters. The fourth-order valence-electron chi connectivity index (χ4n) is 1.38. The first-order chi connectivity index (χ1) is 8.45. The predicted molar refractivity (Wildman–Crippen MR) is 56.2 cm³/mol. The standard InChI is InChI=1S/C9H14N2O7/c12-3-4-6(15)7(16)8(18-4)11-9(17)10-2-1-5(13)14/h1-2,4,6-8,12,15-16H,3H2,(H,13,14)(H2,10,11,17)/b2-1+/t4-,6-,7-,8-/m1/s1. The molecular formula is C9H14N2O7. The van der Waals surface area contributed by atoms with Gasteiger partial charge in [0.15, 0.2) is 6.23 Å². The summed E-state index contributed by atoms with van der Waals surface area (Å²) in [7, 11) is 0. The SMILES string of the molecule is O=C(O)/C=C/NC(=O)N[C@@H]1O[C@H](CO)[C@@H](O)[C@H]1O. The molecular weight excluding hydrogens is 248 g/mol. The number of aliphatic hydroxyl groups is 3. The Balaban J connectivity index is 2.43. The zero-order valence-electron chi connectivity index (χ0n) is 9.18. The number of carboxylic acid groups (broad SMARTS) is 1. The highest BCUT2D eigenvalue weighted by molar-refractivity contribution is 5.81. The monoisotopic (exact) mass is 262 g/mol. The van der Waals surface area contributed by atoms with E-state index in [1.807, 2.05) is 0 Å². The van der Waals surface area contributed by atoms with Crippen LogP contribution in [0.1, 0.15) is 0 Å². The summed E-state index contributed by atoms with van der Waals surface area (Å²) in [5.41, 5.74) is 0. The minimum absolute atomic E-state index is 0.503. The molecule has 1 saturated heterocycles. The summed E-state index contributed by atoms with van der Waals surface area (Å²) in [5, 5.41) is 40.2. The van der Waals surface area contributed by atoms with Gasteiger partial charge in [-0.25, -0.2) is 9.59 Å². The second-order valence-electron chi connectivity index (χ2n) is 3.55. The molecule has 102 valence electrons. The van der Waals surface area contributed by atoms with Gasteiger partial charge in [0, 0.05) is 12.3 Å². The summed E-state index contributed by atoms with van der Waals surface area (Å²) >= 11 is 0. The van der Waals surface area contributed by atoms with Crippen molar-refractivity contribution in [1.82, 2.24) is 10.6 Å². The van der Waals surface area contributed by atoms with Crippen LogP contribution in [0.15, 0.2) is 12.3 Å². The normalized spacial score (nSPS) is 31.5. The summed E-state index contributed by atoms with van der Waals surface area (Å²) in [6, 6.07) is -0.817. The molecule has 1 rings (SSSR count). The first kappa shape index (κ1) is 14.4. The molecule has 0 unspecified atom stereocenters. The van der Waals surface area contributed by atoms with Gasteiger partial charge in [0.2, 0.25) is 0 Å². The van der Waals surface area contributed by atoms with Crippen molar-refractivity contribution in [3.8, 4) is 0 Å². The number of hydrogen-bond acceptors (Lipinski definition) is 6. The number of hydrogen-bond donors (Lipinski definition) is 6. The highest BCUT2D eigenvalue weighted by Gasteiger charge is 2.42. The second kappa shape index (κ2) is 6.31. The fourth-order valence-corrected chi connectivity index (χ4v) is 1.38. The third-order valence-electron chi connectivity index (χ3n) is 2.26. The van der Waals surface area contributed by atoms with Crippen LogP contribution in [-0.2, 0) is 9.53 Å². The summed E-state index contributed by atoms with van der Waals surface area (Å²) in [6.07, 6.45) is -3.27. The van der Waals surface area contributed by atoms with Crippen molar-refractivity contribution in [1.29, 1.82) is 0 Å². The molecule has 0 aromatic rings. The lowest BCUT2D eigenvalue weighted by Crippen LogP contribution is -2.46. The number of amides is 2. The number of nitrogens with one attached hydrogen (secondary N) is 2. The lowest BCUT2D eigenvalue weighted by molar-refractivity contribution is -0.131. The van der Waals surface area contributed by atoms with Gasteiger partial charge >= 0.3 is 12.0 Å². The van der Waals surface area contributed by atoms with Crippen molar-refractivity contribution in [2.45, 2.75) is 24.5 Å². The zero-order chi connectivity index (χ0) is 13.7. The number of carbonyl (C=O) groups excluding carboxylic acids is 1. The van der Waals surface area contributed by atoms with Gasteiger partial charge in [-0.05, 0) is 0 Å². The van der Waals surface area contributed by atoms with Gasteiger partial charge in [-0.3, -0.25) is 0 Å². The van der Waals surface area contributed by atoms with Crippen molar-refractivity contribution in [2.24, 2.45) is 0 Å². The molecule has 9 nitrogen and oxygen atoms in total. The van der Waals surface area contributed by atoms with Crippen LogP contribution in [0, 0.1) is 0 Å². The first-order valence-electron chi connectivity index (χ1n) is 5.04. The van der Waals surface area contributed by atoms with Crippen LogP contribution >= 0.6 is 0 Å². The van der Waals surface area contributed by atoms with E-state index >= 15 is 0 Å². The Hall–Kier alpha value is -1.68. The minimum Gasteiger partial charge on any atom is -0.478 e. The van der Waals surface area contributed by atoms with E-state index in [1.54, 1.807) is 0 Å². The Bertz CT molecular complexity index is 346. The van der Waals surface area contributed by atoms with E-state index in [4.69, 9.17) is 14.9 Å². The summed E-state index contributed by atoms with van der Waals surface area (Å²) < 4.78 is 4.97. The van der Waals surface area contributed by atoms with Gasteiger partial charge in [-0.15, -0.1) is 0 Å². The number of aliphatic hydroxyl groups excluding tert-OH is 3. The van der Waals surface area contributed by atoms with Gasteiger partial charge in [-0.2, -0.15) is 0 Å². The highest BCUT2D eigenvalue weighted by Crippen LogP contribution is 2.18. The summed E-state index contributed by atoms with van der Waals surface area (Å²) in [5.74, 6) is -1.23. The van der Waals surface area contributed by atoms with E-state index in [-0.39, 0.29) is 0 Å². The topological polar surface area (TPSA) is 148 Å². The predicted octanol–water partition coefficient (Wildman–Crippen LogP) is -2.68. The molecule has 1 aliphatic heterocycles. The molecule has 6 N–H and O–H groups in total. The van der Waals surface area contributed by atoms with Gasteiger partial charge < -0.3 is 35.8 Å². The molecule has 0 aromatic carbocycles. The molecule has 18 heavy (non-hydrogen) atoms. The Kier molecular flexibility index (Phi) is 5.04. The maximum atomic E-state index is 11.2. The molecule has 1 heterocycles. The van der Waals surface area contributed by atoms with Crippen LogP contribution < -0.4 is 10.6 Å². The molecule has 0 saturated carbocycles.